The van der Waals surface area contributed by atoms with Gasteiger partial charge in [-0.05, 0) is 37.1 Å². The minimum atomic E-state index is 0.796. The van der Waals surface area contributed by atoms with E-state index >= 15 is 0 Å². The van der Waals surface area contributed by atoms with E-state index in [9.17, 15) is 0 Å². The molecule has 0 saturated heterocycles. The van der Waals surface area contributed by atoms with Gasteiger partial charge in [-0.3, -0.25) is 5.43 Å². The van der Waals surface area contributed by atoms with Gasteiger partial charge < -0.3 is 4.90 Å². The van der Waals surface area contributed by atoms with Gasteiger partial charge in [0, 0.05) is 29.2 Å². The molecule has 4 aromatic rings. The average molecular weight is 427 g/mol. The van der Waals surface area contributed by atoms with Gasteiger partial charge in [0.2, 0.25) is 5.13 Å². The van der Waals surface area contributed by atoms with Crippen molar-refractivity contribution in [1.29, 1.82) is 0 Å². The summed E-state index contributed by atoms with van der Waals surface area (Å²) in [7, 11) is 0. The molecule has 0 unspecified atom stereocenters. The van der Waals surface area contributed by atoms with E-state index in [2.05, 4.69) is 101 Å². The first-order chi connectivity index (χ1) is 15.2. The highest BCUT2D eigenvalue weighted by atomic mass is 32.1. The standard InChI is InChI=1S/C26H26N4S/c1-3-30(19-22-10-6-4-7-11-22)24-16-14-21(15-17-24)18-27-29-26-28-25(20(2)31-26)23-12-8-5-9-13-23/h4-18H,3,19H2,1-2H3,(H,28,29)/b27-18-. The SMILES string of the molecule is CCN(Cc1ccccc1)c1ccc(/C=N\Nc2nc(-c3ccccc3)c(C)s2)cc1. The van der Waals surface area contributed by atoms with Gasteiger partial charge in [0.25, 0.3) is 0 Å². The Kier molecular flexibility index (Phi) is 6.75. The van der Waals surface area contributed by atoms with Crippen molar-refractivity contribution in [2.75, 3.05) is 16.9 Å². The van der Waals surface area contributed by atoms with Gasteiger partial charge in [0.1, 0.15) is 0 Å². The number of benzene rings is 3. The third-order valence-corrected chi connectivity index (χ3v) is 5.95. The zero-order valence-corrected chi connectivity index (χ0v) is 18.6. The highest BCUT2D eigenvalue weighted by molar-refractivity contribution is 7.15. The van der Waals surface area contributed by atoms with Gasteiger partial charge in [0.05, 0.1) is 11.9 Å². The zero-order chi connectivity index (χ0) is 21.5. The van der Waals surface area contributed by atoms with Crippen LogP contribution in [0.15, 0.2) is 90.0 Å². The van der Waals surface area contributed by atoms with Crippen molar-refractivity contribution < 1.29 is 0 Å². The molecule has 31 heavy (non-hydrogen) atoms. The lowest BCUT2D eigenvalue weighted by molar-refractivity contribution is 0.832. The van der Waals surface area contributed by atoms with Crippen molar-refractivity contribution in [3.63, 3.8) is 0 Å². The molecule has 0 aliphatic heterocycles. The lowest BCUT2D eigenvalue weighted by Gasteiger charge is -2.23. The third-order valence-electron chi connectivity index (χ3n) is 5.07. The molecule has 0 bridgehead atoms. The van der Waals surface area contributed by atoms with E-state index in [-0.39, 0.29) is 0 Å². The van der Waals surface area contributed by atoms with E-state index in [1.807, 2.05) is 24.4 Å². The fourth-order valence-electron chi connectivity index (χ4n) is 3.43. The van der Waals surface area contributed by atoms with Crippen molar-refractivity contribution in [3.05, 3.63) is 101 Å². The van der Waals surface area contributed by atoms with Gasteiger partial charge in [0.15, 0.2) is 0 Å². The van der Waals surface area contributed by atoms with Crippen LogP contribution in [-0.4, -0.2) is 17.7 Å². The summed E-state index contributed by atoms with van der Waals surface area (Å²) in [6.07, 6.45) is 1.83. The van der Waals surface area contributed by atoms with Gasteiger partial charge >= 0.3 is 0 Å². The van der Waals surface area contributed by atoms with E-state index in [0.717, 1.165) is 35.0 Å². The average Bonchev–Trinajstić information content (AvgIpc) is 3.19. The van der Waals surface area contributed by atoms with Crippen molar-refractivity contribution in [2.45, 2.75) is 20.4 Å². The Morgan fingerprint density at radius 1 is 0.935 bits per heavy atom. The van der Waals surface area contributed by atoms with Crippen LogP contribution in [0, 0.1) is 6.92 Å². The van der Waals surface area contributed by atoms with Crippen molar-refractivity contribution in [2.24, 2.45) is 5.10 Å². The van der Waals surface area contributed by atoms with E-state index in [1.54, 1.807) is 11.3 Å². The second kappa shape index (κ2) is 10.0. The van der Waals surface area contributed by atoms with Gasteiger partial charge in [-0.15, -0.1) is 11.3 Å². The number of rotatable bonds is 8. The number of nitrogens with one attached hydrogen (secondary N) is 1. The van der Waals surface area contributed by atoms with Crippen LogP contribution in [-0.2, 0) is 6.54 Å². The normalized spacial score (nSPS) is 11.0. The van der Waals surface area contributed by atoms with Gasteiger partial charge in [-0.25, -0.2) is 4.98 Å². The van der Waals surface area contributed by atoms with Crippen LogP contribution in [0.2, 0.25) is 0 Å². The topological polar surface area (TPSA) is 40.5 Å². The van der Waals surface area contributed by atoms with Crippen molar-refractivity contribution >= 4 is 28.4 Å². The molecule has 4 nitrogen and oxygen atoms in total. The second-order valence-corrected chi connectivity index (χ2v) is 8.45. The predicted octanol–water partition coefficient (Wildman–Crippen LogP) is 6.59. The molecule has 4 rings (SSSR count). The Morgan fingerprint density at radius 3 is 2.29 bits per heavy atom. The van der Waals surface area contributed by atoms with E-state index in [4.69, 9.17) is 0 Å². The summed E-state index contributed by atoms with van der Waals surface area (Å²) < 4.78 is 0. The number of nitrogens with zero attached hydrogens (tertiary/aromatic N) is 3. The van der Waals surface area contributed by atoms with Crippen LogP contribution in [0.4, 0.5) is 10.8 Å². The molecule has 0 aliphatic rings. The Balaban J connectivity index is 1.39. The van der Waals surface area contributed by atoms with Crippen molar-refractivity contribution in [1.82, 2.24) is 4.98 Å². The maximum Gasteiger partial charge on any atom is 0.204 e. The molecule has 0 spiro atoms. The summed E-state index contributed by atoms with van der Waals surface area (Å²) in [6, 6.07) is 29.3. The Morgan fingerprint density at radius 2 is 1.61 bits per heavy atom. The minimum absolute atomic E-state index is 0.796. The molecular formula is C26H26N4S. The van der Waals surface area contributed by atoms with Crippen LogP contribution in [0.5, 0.6) is 0 Å². The molecule has 0 atom stereocenters. The van der Waals surface area contributed by atoms with Gasteiger partial charge in [-0.2, -0.15) is 5.10 Å². The molecule has 3 aromatic carbocycles. The first-order valence-electron chi connectivity index (χ1n) is 10.4. The number of hydrazone groups is 1. The molecule has 0 radical (unpaired) electrons. The van der Waals surface area contributed by atoms with E-state index in [0.29, 0.717) is 0 Å². The molecule has 5 heteroatoms. The number of thiazole rings is 1. The fourth-order valence-corrected chi connectivity index (χ4v) is 4.22. The first-order valence-corrected chi connectivity index (χ1v) is 11.3. The zero-order valence-electron chi connectivity index (χ0n) is 17.8. The van der Waals surface area contributed by atoms with Crippen LogP contribution < -0.4 is 10.3 Å². The largest absolute Gasteiger partial charge is 0.367 e. The molecule has 156 valence electrons. The lowest BCUT2D eigenvalue weighted by Crippen LogP contribution is -2.21. The molecular weight excluding hydrogens is 400 g/mol. The summed E-state index contributed by atoms with van der Waals surface area (Å²) in [4.78, 5) is 8.22. The lowest BCUT2D eigenvalue weighted by atomic mass is 10.1. The van der Waals surface area contributed by atoms with Crippen LogP contribution in [0.3, 0.4) is 0 Å². The molecule has 1 N–H and O–H groups in total. The molecule has 1 aromatic heterocycles. The number of anilines is 2. The van der Waals surface area contributed by atoms with Crippen LogP contribution in [0.1, 0.15) is 22.9 Å². The number of hydrogen-bond donors (Lipinski definition) is 1. The van der Waals surface area contributed by atoms with Crippen LogP contribution in [0.25, 0.3) is 11.3 Å². The summed E-state index contributed by atoms with van der Waals surface area (Å²) >= 11 is 1.61. The molecule has 0 fully saturated rings. The molecule has 0 amide bonds. The Bertz CT molecular complexity index is 1120. The number of hydrogen-bond acceptors (Lipinski definition) is 5. The highest BCUT2D eigenvalue weighted by Gasteiger charge is 2.09. The van der Waals surface area contributed by atoms with E-state index in [1.165, 1.54) is 16.1 Å². The smallest absolute Gasteiger partial charge is 0.204 e. The predicted molar refractivity (Wildman–Crippen MR) is 133 cm³/mol. The van der Waals surface area contributed by atoms with Crippen LogP contribution >= 0.6 is 11.3 Å². The monoisotopic (exact) mass is 426 g/mol. The quantitative estimate of drug-likeness (QED) is 0.255. The first kappa shape index (κ1) is 20.8. The Labute approximate surface area is 187 Å². The van der Waals surface area contributed by atoms with Crippen molar-refractivity contribution in [3.8, 4) is 11.3 Å². The summed E-state index contributed by atoms with van der Waals surface area (Å²) in [5, 5.41) is 5.18. The molecule has 0 aliphatic carbocycles. The Hall–Kier alpha value is -3.44. The fraction of sp³-hybridized carbons (Fsp3) is 0.154. The van der Waals surface area contributed by atoms with E-state index < -0.39 is 0 Å². The minimum Gasteiger partial charge on any atom is -0.367 e. The summed E-state index contributed by atoms with van der Waals surface area (Å²) in [5.41, 5.74) is 8.77. The summed E-state index contributed by atoms with van der Waals surface area (Å²) in [6.45, 7) is 6.13. The molecule has 1 heterocycles. The second-order valence-electron chi connectivity index (χ2n) is 7.25. The number of aromatic nitrogens is 1. The third kappa shape index (κ3) is 5.38. The van der Waals surface area contributed by atoms with Gasteiger partial charge in [-0.1, -0.05) is 72.8 Å². The highest BCUT2D eigenvalue weighted by Crippen LogP contribution is 2.30. The maximum atomic E-state index is 4.69. The molecule has 0 saturated carbocycles. The maximum absolute atomic E-state index is 4.69. The number of aryl methyl sites for hydroxylation is 1. The summed E-state index contributed by atoms with van der Waals surface area (Å²) in [5.74, 6) is 0.